The molecule has 4 heteroatoms. The molecule has 166 valence electrons. The van der Waals surface area contributed by atoms with E-state index in [1.807, 2.05) is 31.3 Å². The van der Waals surface area contributed by atoms with E-state index in [2.05, 4.69) is 59.7 Å². The number of hydrogen-bond donors (Lipinski definition) is 2. The molecule has 30 heavy (non-hydrogen) atoms. The number of benzene rings is 1. The van der Waals surface area contributed by atoms with Gasteiger partial charge in [-0.25, -0.2) is 0 Å². The van der Waals surface area contributed by atoms with E-state index in [-0.39, 0.29) is 16.7 Å². The van der Waals surface area contributed by atoms with Crippen LogP contribution in [0.2, 0.25) is 0 Å². The number of primary amides is 1. The Kier molecular flexibility index (Phi) is 7.25. The summed E-state index contributed by atoms with van der Waals surface area (Å²) in [5.41, 5.74) is 8.63. The summed E-state index contributed by atoms with van der Waals surface area (Å²) in [5.74, 6) is -0.377. The first-order chi connectivity index (χ1) is 13.8. The van der Waals surface area contributed by atoms with Crippen LogP contribution in [0.25, 0.3) is 0 Å². The Bertz CT molecular complexity index is 898. The zero-order valence-electron chi connectivity index (χ0n) is 20.0. The van der Waals surface area contributed by atoms with Gasteiger partial charge in [0.25, 0.3) is 0 Å². The topological polar surface area (TPSA) is 63.3 Å². The van der Waals surface area contributed by atoms with Gasteiger partial charge in [-0.1, -0.05) is 46.8 Å². The van der Waals surface area contributed by atoms with Gasteiger partial charge < -0.3 is 10.8 Å². The van der Waals surface area contributed by atoms with E-state index >= 15 is 0 Å². The van der Waals surface area contributed by atoms with Crippen LogP contribution in [0, 0.1) is 19.3 Å². The quantitative estimate of drug-likeness (QED) is 0.517. The highest BCUT2D eigenvalue weighted by Crippen LogP contribution is 2.44. The Morgan fingerprint density at radius 2 is 1.63 bits per heavy atom. The van der Waals surface area contributed by atoms with Crippen molar-refractivity contribution >= 4 is 17.2 Å². The molecule has 0 saturated carbocycles. The van der Waals surface area contributed by atoms with Gasteiger partial charge in [0.15, 0.2) is 0 Å². The number of nitrogens with two attached hydrogens (primary N) is 1. The molecule has 0 bridgehead atoms. The maximum Gasteiger partial charge on any atom is 0.248 e. The summed E-state index contributed by atoms with van der Waals surface area (Å²) in [5, 5.41) is 10.9. The Morgan fingerprint density at radius 1 is 1.03 bits per heavy atom. The maximum absolute atomic E-state index is 11.7. The summed E-state index contributed by atoms with van der Waals surface area (Å²) in [7, 11) is 0. The SMILES string of the molecule is CCC(CC)(c1ccc(C(N)=O)c(C)c1)c1cc(C)c(CCC(C)(O)C(C)(C)C)s1. The van der Waals surface area contributed by atoms with Crippen molar-refractivity contribution < 1.29 is 9.90 Å². The molecule has 0 radical (unpaired) electrons. The molecule has 1 unspecified atom stereocenters. The molecule has 0 saturated heterocycles. The molecule has 0 spiro atoms. The molecule has 1 heterocycles. The molecule has 3 N–H and O–H groups in total. The predicted octanol–water partition coefficient (Wildman–Crippen LogP) is 6.30. The Morgan fingerprint density at radius 3 is 2.10 bits per heavy atom. The molecular weight excluding hydrogens is 390 g/mol. The molecule has 0 fully saturated rings. The highest BCUT2D eigenvalue weighted by atomic mass is 32.1. The van der Waals surface area contributed by atoms with Crippen LogP contribution in [0.1, 0.15) is 97.6 Å². The molecule has 1 aromatic carbocycles. The van der Waals surface area contributed by atoms with E-state index in [1.165, 1.54) is 20.9 Å². The van der Waals surface area contributed by atoms with Gasteiger partial charge in [-0.2, -0.15) is 0 Å². The summed E-state index contributed by atoms with van der Waals surface area (Å²) < 4.78 is 0. The van der Waals surface area contributed by atoms with Crippen molar-refractivity contribution in [2.24, 2.45) is 11.1 Å². The van der Waals surface area contributed by atoms with Crippen LogP contribution in [0.4, 0.5) is 0 Å². The molecule has 3 nitrogen and oxygen atoms in total. The summed E-state index contributed by atoms with van der Waals surface area (Å²) >= 11 is 1.88. The second-order valence-electron chi connectivity index (χ2n) is 9.92. The molecular formula is C26H39NO2S. The fourth-order valence-corrected chi connectivity index (χ4v) is 5.65. The number of amides is 1. The van der Waals surface area contributed by atoms with Gasteiger partial charge in [-0.3, -0.25) is 4.79 Å². The Labute approximate surface area is 186 Å². The first-order valence-corrected chi connectivity index (χ1v) is 11.8. The highest BCUT2D eigenvalue weighted by Gasteiger charge is 2.36. The van der Waals surface area contributed by atoms with Crippen molar-refractivity contribution in [1.29, 1.82) is 0 Å². The van der Waals surface area contributed by atoms with Gasteiger partial charge >= 0.3 is 0 Å². The number of aryl methyl sites for hydroxylation is 3. The number of rotatable bonds is 8. The van der Waals surface area contributed by atoms with Gasteiger partial charge in [0.2, 0.25) is 5.91 Å². The zero-order valence-corrected chi connectivity index (χ0v) is 20.8. The fraction of sp³-hybridized carbons (Fsp3) is 0.577. The summed E-state index contributed by atoms with van der Waals surface area (Å²) in [4.78, 5) is 14.4. The van der Waals surface area contributed by atoms with E-state index in [9.17, 15) is 9.90 Å². The summed E-state index contributed by atoms with van der Waals surface area (Å²) in [6.45, 7) is 16.8. The van der Waals surface area contributed by atoms with Gasteiger partial charge in [0.1, 0.15) is 0 Å². The van der Waals surface area contributed by atoms with Crippen LogP contribution in [0.3, 0.4) is 0 Å². The van der Waals surface area contributed by atoms with E-state index in [1.54, 1.807) is 0 Å². The molecule has 0 aliphatic carbocycles. The fourth-order valence-electron chi connectivity index (χ4n) is 4.12. The monoisotopic (exact) mass is 429 g/mol. The molecule has 1 amide bonds. The first kappa shape index (κ1) is 24.6. The molecule has 1 aromatic heterocycles. The minimum atomic E-state index is -0.710. The zero-order chi connectivity index (χ0) is 22.9. The first-order valence-electron chi connectivity index (χ1n) is 11.0. The van der Waals surface area contributed by atoms with E-state index < -0.39 is 5.60 Å². The van der Waals surface area contributed by atoms with Crippen LogP contribution < -0.4 is 5.73 Å². The van der Waals surface area contributed by atoms with Gasteiger partial charge in [-0.15, -0.1) is 11.3 Å². The average molecular weight is 430 g/mol. The Balaban J connectivity index is 2.43. The van der Waals surface area contributed by atoms with Gasteiger partial charge in [0.05, 0.1) is 5.60 Å². The lowest BCUT2D eigenvalue weighted by atomic mass is 9.73. The third-order valence-corrected chi connectivity index (χ3v) is 8.70. The third-order valence-electron chi connectivity index (χ3n) is 7.20. The number of carbonyl (C=O) groups is 1. The minimum absolute atomic E-state index is 0.0822. The standard InChI is InChI=1S/C26H39NO2S/c1-9-26(10-2,19-11-12-20(23(27)28)17(3)15-19)22-16-18(4)21(30-22)13-14-25(8,29)24(5,6)7/h11-12,15-16,29H,9-10,13-14H2,1-8H3,(H2,27,28). The normalized spacial score (nSPS) is 14.6. The van der Waals surface area contributed by atoms with E-state index in [0.717, 1.165) is 31.2 Å². The van der Waals surface area contributed by atoms with Crippen molar-refractivity contribution in [3.05, 3.63) is 56.3 Å². The number of aliphatic hydroxyl groups is 1. The van der Waals surface area contributed by atoms with Crippen molar-refractivity contribution in [2.75, 3.05) is 0 Å². The second-order valence-corrected chi connectivity index (χ2v) is 11.1. The van der Waals surface area contributed by atoms with Crippen molar-refractivity contribution in [3.63, 3.8) is 0 Å². The summed E-state index contributed by atoms with van der Waals surface area (Å²) in [6, 6.07) is 8.40. The smallest absolute Gasteiger partial charge is 0.248 e. The lowest BCUT2D eigenvalue weighted by Gasteiger charge is -2.37. The van der Waals surface area contributed by atoms with Crippen LogP contribution in [0.15, 0.2) is 24.3 Å². The highest BCUT2D eigenvalue weighted by molar-refractivity contribution is 7.12. The molecule has 0 aliphatic rings. The van der Waals surface area contributed by atoms with Crippen LogP contribution in [-0.4, -0.2) is 16.6 Å². The molecule has 1 atom stereocenters. The van der Waals surface area contributed by atoms with Crippen molar-refractivity contribution in [1.82, 2.24) is 0 Å². The summed E-state index contributed by atoms with van der Waals surface area (Å²) in [6.07, 6.45) is 3.59. The lowest BCUT2D eigenvalue weighted by molar-refractivity contribution is -0.0475. The van der Waals surface area contributed by atoms with E-state index in [4.69, 9.17) is 5.73 Å². The number of hydrogen-bond acceptors (Lipinski definition) is 3. The van der Waals surface area contributed by atoms with Crippen LogP contribution in [0.5, 0.6) is 0 Å². The average Bonchev–Trinajstić information content (AvgIpc) is 3.01. The van der Waals surface area contributed by atoms with E-state index in [0.29, 0.717) is 5.56 Å². The molecule has 2 aromatic rings. The largest absolute Gasteiger partial charge is 0.390 e. The van der Waals surface area contributed by atoms with Gasteiger partial charge in [-0.05, 0) is 80.7 Å². The van der Waals surface area contributed by atoms with Crippen LogP contribution >= 0.6 is 11.3 Å². The van der Waals surface area contributed by atoms with Crippen molar-refractivity contribution in [3.8, 4) is 0 Å². The van der Waals surface area contributed by atoms with Crippen LogP contribution in [-0.2, 0) is 11.8 Å². The maximum atomic E-state index is 11.7. The Hall–Kier alpha value is -1.65. The van der Waals surface area contributed by atoms with Gasteiger partial charge in [0, 0.05) is 20.7 Å². The molecule has 0 aliphatic heterocycles. The number of thiophene rings is 1. The van der Waals surface area contributed by atoms with Crippen molar-refractivity contribution in [2.45, 2.75) is 92.1 Å². The second kappa shape index (κ2) is 8.84. The lowest BCUT2D eigenvalue weighted by Crippen LogP contribution is -2.40. The third kappa shape index (κ3) is 4.65. The minimum Gasteiger partial charge on any atom is -0.390 e. The number of carbonyl (C=O) groups excluding carboxylic acids is 1. The predicted molar refractivity (Wildman–Crippen MR) is 129 cm³/mol. The molecule has 2 rings (SSSR count).